The second-order valence-corrected chi connectivity index (χ2v) is 4.45. The Morgan fingerprint density at radius 2 is 1.95 bits per heavy atom. The van der Waals surface area contributed by atoms with Crippen LogP contribution in [0.5, 0.6) is 0 Å². The van der Waals surface area contributed by atoms with E-state index in [1.54, 1.807) is 12.1 Å². The van der Waals surface area contributed by atoms with E-state index in [9.17, 15) is 9.18 Å². The van der Waals surface area contributed by atoms with Gasteiger partial charge in [0.1, 0.15) is 5.82 Å². The molecule has 2 aromatic rings. The molecule has 4 heteroatoms. The zero-order valence-corrected chi connectivity index (χ0v) is 11.6. The molecular weight excluding hydrogens is 267 g/mol. The maximum absolute atomic E-state index is 12.8. The molecule has 2 rings (SSSR count). The molecule has 2 aromatic carbocycles. The summed E-state index contributed by atoms with van der Waals surface area (Å²) in [5.74, 6) is 5.11. The fourth-order valence-corrected chi connectivity index (χ4v) is 1.89. The Balaban J connectivity index is 2.25. The summed E-state index contributed by atoms with van der Waals surface area (Å²) in [6.45, 7) is 2.10. The van der Waals surface area contributed by atoms with E-state index in [-0.39, 0.29) is 18.3 Å². The zero-order chi connectivity index (χ0) is 15.2. The van der Waals surface area contributed by atoms with Gasteiger partial charge < -0.3 is 11.1 Å². The predicted molar refractivity (Wildman–Crippen MR) is 81.5 cm³/mol. The lowest BCUT2D eigenvalue weighted by Gasteiger charge is -2.09. The summed E-state index contributed by atoms with van der Waals surface area (Å²) in [5.41, 5.74) is 7.99. The van der Waals surface area contributed by atoms with Crippen molar-refractivity contribution in [3.8, 4) is 11.8 Å². The molecule has 1 amide bonds. The Morgan fingerprint density at radius 1 is 1.24 bits per heavy atom. The first-order chi connectivity index (χ1) is 10.1. The third-order valence-electron chi connectivity index (χ3n) is 3.01. The van der Waals surface area contributed by atoms with E-state index in [0.29, 0.717) is 11.3 Å². The van der Waals surface area contributed by atoms with Crippen LogP contribution in [0, 0.1) is 24.6 Å². The van der Waals surface area contributed by atoms with Gasteiger partial charge in [0.2, 0.25) is 0 Å². The minimum Gasteiger partial charge on any atom is -0.322 e. The monoisotopic (exact) mass is 282 g/mol. The van der Waals surface area contributed by atoms with Gasteiger partial charge in [0.25, 0.3) is 5.91 Å². The Bertz CT molecular complexity index is 712. The molecule has 3 N–H and O–H groups in total. The van der Waals surface area contributed by atoms with Gasteiger partial charge in [-0.1, -0.05) is 17.9 Å². The minimum atomic E-state index is -0.344. The van der Waals surface area contributed by atoms with Gasteiger partial charge in [0.15, 0.2) is 0 Å². The van der Waals surface area contributed by atoms with Crippen LogP contribution in [-0.2, 0) is 0 Å². The average molecular weight is 282 g/mol. The second-order valence-electron chi connectivity index (χ2n) is 4.45. The molecule has 0 heterocycles. The van der Waals surface area contributed by atoms with Crippen molar-refractivity contribution in [2.24, 2.45) is 5.73 Å². The van der Waals surface area contributed by atoms with Crippen molar-refractivity contribution in [3.63, 3.8) is 0 Å². The van der Waals surface area contributed by atoms with Gasteiger partial charge in [-0.2, -0.15) is 0 Å². The van der Waals surface area contributed by atoms with Crippen molar-refractivity contribution in [2.45, 2.75) is 6.92 Å². The highest BCUT2D eigenvalue weighted by molar-refractivity contribution is 6.05. The standard InChI is InChI=1S/C17H15FN2O/c1-12-13(5-3-11-19)4-2-6-16(12)17(21)20-15-9-7-14(18)8-10-15/h2,4,6-10H,11,19H2,1H3,(H,20,21). The van der Waals surface area contributed by atoms with Gasteiger partial charge in [-0.15, -0.1) is 0 Å². The number of hydrogen-bond donors (Lipinski definition) is 2. The van der Waals surface area contributed by atoms with Crippen LogP contribution in [0.3, 0.4) is 0 Å². The van der Waals surface area contributed by atoms with Crippen LogP contribution in [0.2, 0.25) is 0 Å². The lowest BCUT2D eigenvalue weighted by molar-refractivity contribution is 0.102. The van der Waals surface area contributed by atoms with Crippen LogP contribution in [-0.4, -0.2) is 12.5 Å². The quantitative estimate of drug-likeness (QED) is 0.832. The molecule has 0 saturated heterocycles. The summed E-state index contributed by atoms with van der Waals surface area (Å²) >= 11 is 0. The van der Waals surface area contributed by atoms with E-state index >= 15 is 0 Å². The number of nitrogens with two attached hydrogens (primary N) is 1. The fourth-order valence-electron chi connectivity index (χ4n) is 1.89. The highest BCUT2D eigenvalue weighted by atomic mass is 19.1. The van der Waals surface area contributed by atoms with Crippen LogP contribution >= 0.6 is 0 Å². The Labute approximate surface area is 123 Å². The van der Waals surface area contributed by atoms with Crippen LogP contribution in [0.4, 0.5) is 10.1 Å². The largest absolute Gasteiger partial charge is 0.322 e. The van der Waals surface area contributed by atoms with E-state index < -0.39 is 0 Å². The Hall–Kier alpha value is -2.64. The number of benzene rings is 2. The zero-order valence-electron chi connectivity index (χ0n) is 11.6. The van der Waals surface area contributed by atoms with Gasteiger partial charge in [-0.25, -0.2) is 4.39 Å². The van der Waals surface area contributed by atoms with E-state index in [0.717, 1.165) is 11.1 Å². The normalized spacial score (nSPS) is 9.67. The lowest BCUT2D eigenvalue weighted by Crippen LogP contribution is -2.14. The van der Waals surface area contributed by atoms with Gasteiger partial charge in [0.05, 0.1) is 6.54 Å². The number of hydrogen-bond acceptors (Lipinski definition) is 2. The number of carbonyl (C=O) groups is 1. The van der Waals surface area contributed by atoms with Crippen molar-refractivity contribution in [3.05, 3.63) is 65.0 Å². The van der Waals surface area contributed by atoms with Crippen molar-refractivity contribution in [2.75, 3.05) is 11.9 Å². The summed E-state index contributed by atoms with van der Waals surface area (Å²) in [4.78, 5) is 12.3. The molecule has 0 unspecified atom stereocenters. The molecule has 0 fully saturated rings. The van der Waals surface area contributed by atoms with Crippen LogP contribution < -0.4 is 11.1 Å². The van der Waals surface area contributed by atoms with Crippen molar-refractivity contribution >= 4 is 11.6 Å². The maximum atomic E-state index is 12.8. The predicted octanol–water partition coefficient (Wildman–Crippen LogP) is 2.70. The number of rotatable bonds is 2. The second kappa shape index (κ2) is 6.69. The average Bonchev–Trinajstić information content (AvgIpc) is 2.48. The number of halogens is 1. The molecule has 0 spiro atoms. The molecule has 0 aromatic heterocycles. The molecule has 0 aliphatic heterocycles. The minimum absolute atomic E-state index is 0.254. The molecular formula is C17H15FN2O. The van der Waals surface area contributed by atoms with Crippen LogP contribution in [0.1, 0.15) is 21.5 Å². The maximum Gasteiger partial charge on any atom is 0.255 e. The number of nitrogens with one attached hydrogen (secondary N) is 1. The molecule has 0 aliphatic carbocycles. The summed E-state index contributed by atoms with van der Waals surface area (Å²) in [5, 5.41) is 2.73. The molecule has 3 nitrogen and oxygen atoms in total. The van der Waals surface area contributed by atoms with Crippen LogP contribution in [0.25, 0.3) is 0 Å². The molecule has 21 heavy (non-hydrogen) atoms. The SMILES string of the molecule is Cc1c(C#CCN)cccc1C(=O)Nc1ccc(F)cc1. The van der Waals surface area contributed by atoms with E-state index in [4.69, 9.17) is 5.73 Å². The molecule has 0 atom stereocenters. The molecule has 0 bridgehead atoms. The first kappa shape index (κ1) is 14.8. The molecule has 106 valence electrons. The highest BCUT2D eigenvalue weighted by Gasteiger charge is 2.11. The van der Waals surface area contributed by atoms with Crippen molar-refractivity contribution < 1.29 is 9.18 Å². The van der Waals surface area contributed by atoms with E-state index in [1.165, 1.54) is 24.3 Å². The van der Waals surface area contributed by atoms with E-state index in [2.05, 4.69) is 17.2 Å². The van der Waals surface area contributed by atoms with Gasteiger partial charge in [-0.3, -0.25) is 4.79 Å². The van der Waals surface area contributed by atoms with Gasteiger partial charge >= 0.3 is 0 Å². The molecule has 0 radical (unpaired) electrons. The van der Waals surface area contributed by atoms with Crippen molar-refractivity contribution in [1.82, 2.24) is 0 Å². The summed E-state index contributed by atoms with van der Waals surface area (Å²) in [6, 6.07) is 11.0. The Kier molecular flexibility index (Phi) is 4.70. The van der Waals surface area contributed by atoms with Crippen LogP contribution in [0.15, 0.2) is 42.5 Å². The fraction of sp³-hybridized carbons (Fsp3) is 0.118. The number of amides is 1. The smallest absolute Gasteiger partial charge is 0.255 e. The number of carbonyl (C=O) groups excluding carboxylic acids is 1. The summed E-state index contributed by atoms with van der Waals surface area (Å²) in [6.07, 6.45) is 0. The summed E-state index contributed by atoms with van der Waals surface area (Å²) < 4.78 is 12.8. The lowest BCUT2D eigenvalue weighted by atomic mass is 10.0. The number of anilines is 1. The van der Waals surface area contributed by atoms with Gasteiger partial charge in [-0.05, 0) is 48.9 Å². The van der Waals surface area contributed by atoms with Crippen molar-refractivity contribution in [1.29, 1.82) is 0 Å². The third kappa shape index (κ3) is 3.68. The Morgan fingerprint density at radius 3 is 2.62 bits per heavy atom. The summed E-state index contributed by atoms with van der Waals surface area (Å²) in [7, 11) is 0. The first-order valence-corrected chi connectivity index (χ1v) is 6.47. The highest BCUT2D eigenvalue weighted by Crippen LogP contribution is 2.16. The molecule has 0 aliphatic rings. The van der Waals surface area contributed by atoms with E-state index in [1.807, 2.05) is 13.0 Å². The third-order valence-corrected chi connectivity index (χ3v) is 3.01. The first-order valence-electron chi connectivity index (χ1n) is 6.47. The molecule has 0 saturated carbocycles. The topological polar surface area (TPSA) is 55.1 Å². The van der Waals surface area contributed by atoms with Gasteiger partial charge in [0, 0.05) is 16.8 Å².